The molecule has 0 aliphatic rings. The van der Waals surface area contributed by atoms with E-state index < -0.39 is 0 Å². The second-order valence-corrected chi connectivity index (χ2v) is 4.92. The Morgan fingerprint density at radius 1 is 1.44 bits per heavy atom. The number of nitrogens with one attached hydrogen (secondary N) is 2. The van der Waals surface area contributed by atoms with Crippen LogP contribution in [0.5, 0.6) is 0 Å². The molecule has 1 aromatic carbocycles. The maximum Gasteiger partial charge on any atom is 0.230 e. The number of thioether (sulfide) groups is 1. The maximum atomic E-state index is 11.7. The molecule has 94 valence electrons. The molecule has 1 aromatic heterocycles. The third-order valence-electron chi connectivity index (χ3n) is 2.48. The molecule has 2 aromatic rings. The lowest BCUT2D eigenvalue weighted by atomic mass is 10.2. The Morgan fingerprint density at radius 3 is 3.00 bits per heavy atom. The van der Waals surface area contributed by atoms with Crippen LogP contribution in [0.2, 0.25) is 0 Å². The van der Waals surface area contributed by atoms with Gasteiger partial charge < -0.3 is 10.3 Å². The summed E-state index contributed by atoms with van der Waals surface area (Å²) in [6.07, 6.45) is 3.30. The molecule has 18 heavy (non-hydrogen) atoms. The summed E-state index contributed by atoms with van der Waals surface area (Å²) < 4.78 is 0. The van der Waals surface area contributed by atoms with Gasteiger partial charge in [-0.05, 0) is 18.6 Å². The Hall–Kier alpha value is -1.75. The standard InChI is InChI=1S/C13H15N3OS/c1-10-4-2-3-5-12(10)18-8-13(17)15-7-11-6-14-9-16-11/h2-6,9H,7-8H2,1H3,(H,14,16)(H,15,17). The van der Waals surface area contributed by atoms with Crippen LogP contribution in [0.25, 0.3) is 0 Å². The van der Waals surface area contributed by atoms with E-state index in [0.717, 1.165) is 10.6 Å². The molecule has 0 aliphatic carbocycles. The zero-order valence-corrected chi connectivity index (χ0v) is 11.0. The molecule has 4 nitrogen and oxygen atoms in total. The van der Waals surface area contributed by atoms with Crippen molar-refractivity contribution < 1.29 is 4.79 Å². The molecule has 5 heteroatoms. The van der Waals surface area contributed by atoms with Gasteiger partial charge in [0.05, 0.1) is 24.3 Å². The van der Waals surface area contributed by atoms with E-state index in [4.69, 9.17) is 0 Å². The molecule has 0 saturated heterocycles. The minimum atomic E-state index is 0.0258. The summed E-state index contributed by atoms with van der Waals surface area (Å²) in [6, 6.07) is 8.06. The van der Waals surface area contributed by atoms with Crippen LogP contribution >= 0.6 is 11.8 Å². The van der Waals surface area contributed by atoms with Crippen molar-refractivity contribution >= 4 is 17.7 Å². The Kier molecular flexibility index (Phi) is 4.41. The van der Waals surface area contributed by atoms with Crippen LogP contribution in [0.3, 0.4) is 0 Å². The number of hydrogen-bond acceptors (Lipinski definition) is 3. The first kappa shape index (κ1) is 12.7. The van der Waals surface area contributed by atoms with Crippen LogP contribution in [0.4, 0.5) is 0 Å². The van der Waals surface area contributed by atoms with E-state index >= 15 is 0 Å². The second kappa shape index (κ2) is 6.26. The number of aromatic amines is 1. The van der Waals surface area contributed by atoms with Gasteiger partial charge in [0, 0.05) is 11.1 Å². The summed E-state index contributed by atoms with van der Waals surface area (Å²) in [5.41, 5.74) is 2.10. The Balaban J connectivity index is 1.77. The summed E-state index contributed by atoms with van der Waals surface area (Å²) in [5, 5.41) is 2.84. The average Bonchev–Trinajstić information content (AvgIpc) is 2.88. The Labute approximate surface area is 110 Å². The Bertz CT molecular complexity index is 511. The monoisotopic (exact) mass is 261 g/mol. The van der Waals surface area contributed by atoms with Gasteiger partial charge >= 0.3 is 0 Å². The summed E-state index contributed by atoms with van der Waals surface area (Å²) in [7, 11) is 0. The maximum absolute atomic E-state index is 11.7. The van der Waals surface area contributed by atoms with E-state index in [9.17, 15) is 4.79 Å². The van der Waals surface area contributed by atoms with Crippen LogP contribution in [-0.4, -0.2) is 21.6 Å². The molecule has 0 atom stereocenters. The summed E-state index contributed by atoms with van der Waals surface area (Å²) in [4.78, 5) is 19.6. The minimum Gasteiger partial charge on any atom is -0.350 e. The van der Waals surface area contributed by atoms with Gasteiger partial charge in [0.2, 0.25) is 5.91 Å². The highest BCUT2D eigenvalue weighted by molar-refractivity contribution is 8.00. The predicted molar refractivity (Wildman–Crippen MR) is 72.3 cm³/mol. The minimum absolute atomic E-state index is 0.0258. The quantitative estimate of drug-likeness (QED) is 0.811. The first-order valence-corrected chi connectivity index (χ1v) is 6.66. The normalized spacial score (nSPS) is 10.3. The van der Waals surface area contributed by atoms with Crippen LogP contribution in [0.15, 0.2) is 41.7 Å². The summed E-state index contributed by atoms with van der Waals surface area (Å²) in [6.45, 7) is 2.54. The number of carbonyl (C=O) groups excluding carboxylic acids is 1. The lowest BCUT2D eigenvalue weighted by molar-refractivity contribution is -0.118. The largest absolute Gasteiger partial charge is 0.350 e. The summed E-state index contributed by atoms with van der Waals surface area (Å²) >= 11 is 1.55. The third-order valence-corrected chi connectivity index (χ3v) is 3.66. The number of hydrogen-bond donors (Lipinski definition) is 2. The van der Waals surface area contributed by atoms with Gasteiger partial charge in [-0.1, -0.05) is 18.2 Å². The highest BCUT2D eigenvalue weighted by Gasteiger charge is 2.04. The highest BCUT2D eigenvalue weighted by atomic mass is 32.2. The first-order valence-electron chi connectivity index (χ1n) is 5.68. The van der Waals surface area contributed by atoms with Gasteiger partial charge in [-0.3, -0.25) is 4.79 Å². The fraction of sp³-hybridized carbons (Fsp3) is 0.231. The van der Waals surface area contributed by atoms with Crippen molar-refractivity contribution in [2.75, 3.05) is 5.75 Å². The van der Waals surface area contributed by atoms with Crippen molar-refractivity contribution in [2.24, 2.45) is 0 Å². The molecule has 2 rings (SSSR count). The first-order chi connectivity index (χ1) is 8.75. The van der Waals surface area contributed by atoms with Crippen molar-refractivity contribution in [1.29, 1.82) is 0 Å². The zero-order valence-electron chi connectivity index (χ0n) is 10.1. The molecular weight excluding hydrogens is 246 g/mol. The number of aromatic nitrogens is 2. The number of carbonyl (C=O) groups is 1. The van der Waals surface area contributed by atoms with E-state index in [1.165, 1.54) is 5.56 Å². The molecule has 0 radical (unpaired) electrons. The van der Waals surface area contributed by atoms with Crippen molar-refractivity contribution in [2.45, 2.75) is 18.4 Å². The lowest BCUT2D eigenvalue weighted by Crippen LogP contribution is -2.24. The van der Waals surface area contributed by atoms with Gasteiger partial charge in [0.15, 0.2) is 0 Å². The molecule has 0 aliphatic heterocycles. The lowest BCUT2D eigenvalue weighted by Gasteiger charge is -2.05. The van der Waals surface area contributed by atoms with Crippen LogP contribution in [0, 0.1) is 6.92 Å². The van der Waals surface area contributed by atoms with Gasteiger partial charge in [-0.2, -0.15) is 0 Å². The molecule has 2 N–H and O–H groups in total. The number of benzene rings is 1. The average molecular weight is 261 g/mol. The number of imidazole rings is 1. The number of nitrogens with zero attached hydrogens (tertiary/aromatic N) is 1. The van der Waals surface area contributed by atoms with Gasteiger partial charge in [-0.25, -0.2) is 4.98 Å². The van der Waals surface area contributed by atoms with Crippen LogP contribution < -0.4 is 5.32 Å². The highest BCUT2D eigenvalue weighted by Crippen LogP contribution is 2.21. The Morgan fingerprint density at radius 2 is 2.28 bits per heavy atom. The molecule has 1 heterocycles. The smallest absolute Gasteiger partial charge is 0.230 e. The van der Waals surface area contributed by atoms with E-state index in [1.807, 2.05) is 31.2 Å². The molecule has 0 spiro atoms. The number of rotatable bonds is 5. The molecule has 0 saturated carbocycles. The predicted octanol–water partition coefficient (Wildman–Crippen LogP) is 2.13. The van der Waals surface area contributed by atoms with Crippen molar-refractivity contribution in [1.82, 2.24) is 15.3 Å². The van der Waals surface area contributed by atoms with E-state index in [0.29, 0.717) is 12.3 Å². The molecular formula is C13H15N3OS. The molecule has 1 amide bonds. The van der Waals surface area contributed by atoms with Gasteiger partial charge in [0.25, 0.3) is 0 Å². The molecule has 0 fully saturated rings. The van der Waals surface area contributed by atoms with Crippen LogP contribution in [-0.2, 0) is 11.3 Å². The van der Waals surface area contributed by atoms with Crippen molar-refractivity contribution in [3.63, 3.8) is 0 Å². The van der Waals surface area contributed by atoms with Crippen molar-refractivity contribution in [3.05, 3.63) is 48.0 Å². The number of aryl methyl sites for hydroxylation is 1. The van der Waals surface area contributed by atoms with Crippen LogP contribution in [0.1, 0.15) is 11.3 Å². The topological polar surface area (TPSA) is 57.8 Å². The fourth-order valence-electron chi connectivity index (χ4n) is 1.49. The molecule has 0 unspecified atom stereocenters. The summed E-state index contributed by atoms with van der Waals surface area (Å²) in [5.74, 6) is 0.455. The SMILES string of the molecule is Cc1ccccc1SCC(=O)NCc1cnc[nH]1. The number of amides is 1. The number of H-pyrrole nitrogens is 1. The third kappa shape index (κ3) is 3.63. The van der Waals surface area contributed by atoms with E-state index in [-0.39, 0.29) is 5.91 Å². The van der Waals surface area contributed by atoms with E-state index in [1.54, 1.807) is 24.3 Å². The zero-order chi connectivity index (χ0) is 12.8. The molecule has 0 bridgehead atoms. The fourth-order valence-corrected chi connectivity index (χ4v) is 2.35. The van der Waals surface area contributed by atoms with E-state index in [2.05, 4.69) is 15.3 Å². The van der Waals surface area contributed by atoms with Gasteiger partial charge in [-0.15, -0.1) is 11.8 Å². The second-order valence-electron chi connectivity index (χ2n) is 3.91. The van der Waals surface area contributed by atoms with Crippen molar-refractivity contribution in [3.8, 4) is 0 Å². The van der Waals surface area contributed by atoms with Gasteiger partial charge in [0.1, 0.15) is 0 Å².